The van der Waals surface area contributed by atoms with Gasteiger partial charge < -0.3 is 4.74 Å². The van der Waals surface area contributed by atoms with E-state index in [0.717, 1.165) is 6.26 Å². The van der Waals surface area contributed by atoms with Gasteiger partial charge >= 0.3 is 5.97 Å². The first-order chi connectivity index (χ1) is 9.13. The van der Waals surface area contributed by atoms with Crippen LogP contribution in [0.2, 0.25) is 0 Å². The molecule has 0 heterocycles. The molecule has 0 bridgehead atoms. The molecule has 1 rings (SSSR count). The minimum atomic E-state index is -3.99. The summed E-state index contributed by atoms with van der Waals surface area (Å²) >= 11 is 0. The van der Waals surface area contributed by atoms with E-state index in [1.165, 1.54) is 24.3 Å². The molecule has 7 nitrogen and oxygen atoms in total. The number of anilines is 1. The highest BCUT2D eigenvalue weighted by Gasteiger charge is 2.18. The number of nitrogens with one attached hydrogen (secondary N) is 1. The summed E-state index contributed by atoms with van der Waals surface area (Å²) < 4.78 is 51.9. The zero-order chi connectivity index (χ0) is 15.4. The minimum Gasteiger partial charge on any atom is -0.462 e. The van der Waals surface area contributed by atoms with Gasteiger partial charge in [-0.25, -0.2) is 21.6 Å². The Balaban J connectivity index is 2.83. The number of esters is 1. The maximum Gasteiger partial charge on any atom is 0.338 e. The minimum absolute atomic E-state index is 0.168. The van der Waals surface area contributed by atoms with Gasteiger partial charge in [-0.15, -0.1) is 0 Å². The summed E-state index contributed by atoms with van der Waals surface area (Å²) in [5.41, 5.74) is 0.444. The van der Waals surface area contributed by atoms with Gasteiger partial charge in [0.15, 0.2) is 14.9 Å². The van der Waals surface area contributed by atoms with E-state index in [1.807, 2.05) is 0 Å². The van der Waals surface area contributed by atoms with Gasteiger partial charge in [-0.3, -0.25) is 4.72 Å². The number of sulfone groups is 1. The summed E-state index contributed by atoms with van der Waals surface area (Å²) in [4.78, 5) is 11.4. The second-order valence-electron chi connectivity index (χ2n) is 4.06. The molecule has 0 atom stereocenters. The summed E-state index contributed by atoms with van der Waals surface area (Å²) in [6.45, 7) is 1.91. The first-order valence-corrected chi connectivity index (χ1v) is 9.29. The van der Waals surface area contributed by atoms with E-state index in [9.17, 15) is 21.6 Å². The summed E-state index contributed by atoms with van der Waals surface area (Å²) in [6.07, 6.45) is 0.829. The average Bonchev–Trinajstić information content (AvgIpc) is 2.26. The van der Waals surface area contributed by atoms with Crippen molar-refractivity contribution in [3.63, 3.8) is 0 Å². The molecular weight excluding hydrogens is 306 g/mol. The lowest BCUT2D eigenvalue weighted by Gasteiger charge is -2.07. The van der Waals surface area contributed by atoms with Crippen molar-refractivity contribution < 1.29 is 26.4 Å². The van der Waals surface area contributed by atoms with Crippen LogP contribution >= 0.6 is 0 Å². The molecule has 0 radical (unpaired) electrons. The number of benzene rings is 1. The molecule has 9 heteroatoms. The van der Waals surface area contributed by atoms with Crippen LogP contribution in [0.4, 0.5) is 5.69 Å². The quantitative estimate of drug-likeness (QED) is 0.769. The van der Waals surface area contributed by atoms with Crippen LogP contribution in [0.15, 0.2) is 24.3 Å². The summed E-state index contributed by atoms with van der Waals surface area (Å²) in [5.74, 6) is -0.516. The molecule has 0 aliphatic rings. The molecule has 0 aromatic heterocycles. The Morgan fingerprint density at radius 3 is 2.15 bits per heavy atom. The highest BCUT2D eigenvalue weighted by atomic mass is 32.3. The second-order valence-corrected chi connectivity index (χ2v) is 8.29. The number of sulfonamides is 1. The molecule has 20 heavy (non-hydrogen) atoms. The molecule has 0 saturated heterocycles. The first kappa shape index (κ1) is 16.4. The van der Waals surface area contributed by atoms with Gasteiger partial charge in [0.25, 0.3) is 0 Å². The van der Waals surface area contributed by atoms with Crippen LogP contribution < -0.4 is 4.72 Å². The maximum atomic E-state index is 11.6. The molecule has 1 aromatic carbocycles. The van der Waals surface area contributed by atoms with Gasteiger partial charge in [0.1, 0.15) is 0 Å². The zero-order valence-corrected chi connectivity index (χ0v) is 12.6. The molecular formula is C11H15NO6S2. The number of hydrogen-bond donors (Lipinski definition) is 1. The van der Waals surface area contributed by atoms with Gasteiger partial charge in [0.05, 0.1) is 12.2 Å². The summed E-state index contributed by atoms with van der Waals surface area (Å²) in [7, 11) is -7.65. The van der Waals surface area contributed by atoms with Crippen molar-refractivity contribution in [3.05, 3.63) is 29.8 Å². The number of ether oxygens (including phenoxy) is 1. The van der Waals surface area contributed by atoms with E-state index < -0.39 is 30.9 Å². The van der Waals surface area contributed by atoms with Crippen molar-refractivity contribution in [2.24, 2.45) is 0 Å². The normalized spacial score (nSPS) is 11.9. The molecule has 0 fully saturated rings. The van der Waals surface area contributed by atoms with Gasteiger partial charge in [-0.05, 0) is 31.2 Å². The Morgan fingerprint density at radius 1 is 1.15 bits per heavy atom. The van der Waals surface area contributed by atoms with Gasteiger partial charge in [-0.1, -0.05) is 0 Å². The molecule has 0 aliphatic heterocycles. The highest BCUT2D eigenvalue weighted by molar-refractivity contribution is 8.08. The van der Waals surface area contributed by atoms with Gasteiger partial charge in [0.2, 0.25) is 10.0 Å². The monoisotopic (exact) mass is 321 g/mol. The Kier molecular flexibility index (Phi) is 5.12. The smallest absolute Gasteiger partial charge is 0.338 e. The topological polar surface area (TPSA) is 107 Å². The van der Waals surface area contributed by atoms with Crippen LogP contribution in [0, 0.1) is 0 Å². The standard InChI is InChI=1S/C11H15NO6S2/c1-3-18-11(13)9-4-6-10(7-5-9)12-20(16,17)8-19(2,14)15/h4-7,12H,3,8H2,1-2H3. The summed E-state index contributed by atoms with van der Waals surface area (Å²) in [5, 5.41) is -1.00. The predicted octanol–water partition coefficient (Wildman–Crippen LogP) is 0.607. The average molecular weight is 321 g/mol. The number of hydrogen-bond acceptors (Lipinski definition) is 6. The summed E-state index contributed by atoms with van der Waals surface area (Å²) in [6, 6.07) is 5.48. The van der Waals surface area contributed by atoms with Crippen molar-refractivity contribution in [2.75, 3.05) is 22.7 Å². The van der Waals surface area contributed by atoms with Crippen LogP contribution in [0.5, 0.6) is 0 Å². The Bertz CT molecular complexity index is 676. The molecule has 1 aromatic rings. The molecule has 112 valence electrons. The van der Waals surface area contributed by atoms with Crippen LogP contribution in [0.1, 0.15) is 17.3 Å². The van der Waals surface area contributed by atoms with Gasteiger partial charge in [0, 0.05) is 11.9 Å². The third kappa shape index (κ3) is 5.57. The molecule has 0 unspecified atom stereocenters. The fourth-order valence-electron chi connectivity index (χ4n) is 1.38. The fourth-order valence-corrected chi connectivity index (χ4v) is 4.37. The number of carbonyl (C=O) groups is 1. The largest absolute Gasteiger partial charge is 0.462 e. The van der Waals surface area contributed by atoms with Crippen molar-refractivity contribution in [3.8, 4) is 0 Å². The Hall–Kier alpha value is -1.61. The van der Waals surface area contributed by atoms with Crippen molar-refractivity contribution in [1.29, 1.82) is 0 Å². The first-order valence-electron chi connectivity index (χ1n) is 5.58. The fraction of sp³-hybridized carbons (Fsp3) is 0.364. The molecule has 1 N–H and O–H groups in total. The van der Waals surface area contributed by atoms with Crippen LogP contribution in [0.3, 0.4) is 0 Å². The SMILES string of the molecule is CCOC(=O)c1ccc(NS(=O)(=O)CS(C)(=O)=O)cc1. The van der Waals surface area contributed by atoms with E-state index in [2.05, 4.69) is 4.72 Å². The molecule has 0 spiro atoms. The Morgan fingerprint density at radius 2 is 1.70 bits per heavy atom. The van der Waals surface area contributed by atoms with Crippen LogP contribution in [0.25, 0.3) is 0 Å². The maximum absolute atomic E-state index is 11.6. The third-order valence-corrected chi connectivity index (χ3v) is 5.54. The number of rotatable bonds is 6. The van der Waals surface area contributed by atoms with Crippen molar-refractivity contribution in [2.45, 2.75) is 6.92 Å². The number of carbonyl (C=O) groups excluding carboxylic acids is 1. The lowest BCUT2D eigenvalue weighted by Crippen LogP contribution is -2.22. The zero-order valence-electron chi connectivity index (χ0n) is 11.0. The van der Waals surface area contributed by atoms with E-state index in [4.69, 9.17) is 4.74 Å². The van der Waals surface area contributed by atoms with E-state index in [0.29, 0.717) is 0 Å². The van der Waals surface area contributed by atoms with Crippen LogP contribution in [-0.4, -0.2) is 40.8 Å². The van der Waals surface area contributed by atoms with Crippen molar-refractivity contribution >= 4 is 31.5 Å². The van der Waals surface area contributed by atoms with Crippen molar-refractivity contribution in [1.82, 2.24) is 0 Å². The second kappa shape index (κ2) is 6.23. The molecule has 0 aliphatic carbocycles. The van der Waals surface area contributed by atoms with Crippen LogP contribution in [-0.2, 0) is 24.6 Å². The lowest BCUT2D eigenvalue weighted by molar-refractivity contribution is 0.0526. The molecule has 0 amide bonds. The van der Waals surface area contributed by atoms with E-state index >= 15 is 0 Å². The molecule has 0 saturated carbocycles. The van der Waals surface area contributed by atoms with E-state index in [-0.39, 0.29) is 17.9 Å². The van der Waals surface area contributed by atoms with Gasteiger partial charge in [-0.2, -0.15) is 0 Å². The third-order valence-electron chi connectivity index (χ3n) is 2.04. The lowest BCUT2D eigenvalue weighted by atomic mass is 10.2. The Labute approximate surface area is 117 Å². The predicted molar refractivity (Wildman–Crippen MR) is 74.7 cm³/mol. The highest BCUT2D eigenvalue weighted by Crippen LogP contribution is 2.13. The van der Waals surface area contributed by atoms with E-state index in [1.54, 1.807) is 6.92 Å².